The molecule has 3 aromatic rings. The molecule has 0 atom stereocenters. The van der Waals surface area contributed by atoms with E-state index in [0.29, 0.717) is 0 Å². The topological polar surface area (TPSA) is 55.4 Å². The highest BCUT2D eigenvalue weighted by atomic mass is 32.1. The maximum Gasteiger partial charge on any atom is 0.196 e. The average molecular weight is 276 g/mol. The van der Waals surface area contributed by atoms with Gasteiger partial charge in [0.15, 0.2) is 10.8 Å². The summed E-state index contributed by atoms with van der Waals surface area (Å²) in [6.07, 6.45) is 3.72. The fourth-order valence-electron chi connectivity index (χ4n) is 2.22. The molecule has 6 heteroatoms. The first-order chi connectivity index (χ1) is 9.28. The third-order valence-electron chi connectivity index (χ3n) is 3.25. The zero-order valence-electron chi connectivity index (χ0n) is 11.0. The highest BCUT2D eigenvalue weighted by molar-refractivity contribution is 7.15. The number of aryl methyl sites for hydroxylation is 2. The Balaban J connectivity index is 2.22. The second-order valence-electron chi connectivity index (χ2n) is 4.34. The second kappa shape index (κ2) is 4.79. The van der Waals surface area contributed by atoms with Crippen LogP contribution >= 0.6 is 11.3 Å². The molecular weight excluding hydrogens is 260 g/mol. The van der Waals surface area contributed by atoms with Crippen molar-refractivity contribution in [3.8, 4) is 5.82 Å². The Kier molecular flexibility index (Phi) is 3.12. The van der Waals surface area contributed by atoms with Crippen molar-refractivity contribution in [2.24, 2.45) is 0 Å². The third kappa shape index (κ3) is 1.87. The van der Waals surface area contributed by atoms with Gasteiger partial charge in [0.1, 0.15) is 0 Å². The molecule has 0 saturated carbocycles. The summed E-state index contributed by atoms with van der Waals surface area (Å²) in [7, 11) is 0. The molecular formula is C13H16N4OS. The van der Waals surface area contributed by atoms with Gasteiger partial charge in [0, 0.05) is 17.3 Å². The number of nitrogens with zero attached hydrogens (tertiary/aromatic N) is 4. The lowest BCUT2D eigenvalue weighted by atomic mass is 10.2. The number of hydrogen-bond donors (Lipinski definition) is 1. The lowest BCUT2D eigenvalue weighted by molar-refractivity contribution is 0.275. The Morgan fingerprint density at radius 3 is 2.84 bits per heavy atom. The van der Waals surface area contributed by atoms with Crippen LogP contribution in [0.5, 0.6) is 0 Å². The molecule has 0 aliphatic rings. The van der Waals surface area contributed by atoms with Crippen LogP contribution in [-0.4, -0.2) is 24.3 Å². The quantitative estimate of drug-likeness (QED) is 0.795. The molecule has 0 unspecified atom stereocenters. The van der Waals surface area contributed by atoms with Gasteiger partial charge in [0.2, 0.25) is 0 Å². The van der Waals surface area contributed by atoms with Crippen LogP contribution < -0.4 is 0 Å². The summed E-state index contributed by atoms with van der Waals surface area (Å²) >= 11 is 1.56. The number of fused-ring (bicyclic) bond motifs is 1. The first-order valence-electron chi connectivity index (χ1n) is 6.42. The molecule has 0 aliphatic carbocycles. The summed E-state index contributed by atoms with van der Waals surface area (Å²) < 4.78 is 3.79. The molecule has 3 aromatic heterocycles. The van der Waals surface area contributed by atoms with E-state index in [0.717, 1.165) is 40.7 Å². The van der Waals surface area contributed by atoms with Crippen molar-refractivity contribution in [3.63, 3.8) is 0 Å². The van der Waals surface area contributed by atoms with Crippen LogP contribution in [0, 0.1) is 0 Å². The van der Waals surface area contributed by atoms with Crippen molar-refractivity contribution < 1.29 is 5.11 Å². The van der Waals surface area contributed by atoms with Gasteiger partial charge in [0.25, 0.3) is 0 Å². The van der Waals surface area contributed by atoms with Gasteiger partial charge in [-0.05, 0) is 18.9 Å². The molecule has 0 fully saturated rings. The molecule has 0 aromatic carbocycles. The largest absolute Gasteiger partial charge is 0.390 e. The first kappa shape index (κ1) is 12.4. The summed E-state index contributed by atoms with van der Waals surface area (Å²) in [4.78, 5) is 5.48. The van der Waals surface area contributed by atoms with Crippen LogP contribution in [0.3, 0.4) is 0 Å². The summed E-state index contributed by atoms with van der Waals surface area (Å²) in [5.74, 6) is 0.742. The molecule has 0 amide bonds. The van der Waals surface area contributed by atoms with Crippen molar-refractivity contribution >= 4 is 16.3 Å². The fourth-order valence-corrected chi connectivity index (χ4v) is 2.95. The van der Waals surface area contributed by atoms with Crippen molar-refractivity contribution in [3.05, 3.63) is 34.7 Å². The molecule has 0 saturated heterocycles. The first-order valence-corrected chi connectivity index (χ1v) is 7.29. The Morgan fingerprint density at radius 1 is 1.32 bits per heavy atom. The van der Waals surface area contributed by atoms with Gasteiger partial charge in [-0.15, -0.1) is 11.3 Å². The molecule has 19 heavy (non-hydrogen) atoms. The number of imidazole rings is 1. The monoisotopic (exact) mass is 276 g/mol. The second-order valence-corrected chi connectivity index (χ2v) is 5.21. The predicted octanol–water partition coefficient (Wildman–Crippen LogP) is 2.20. The number of aromatic nitrogens is 4. The van der Waals surface area contributed by atoms with Crippen molar-refractivity contribution in [2.75, 3.05) is 0 Å². The van der Waals surface area contributed by atoms with E-state index in [2.05, 4.69) is 30.0 Å². The van der Waals surface area contributed by atoms with Crippen molar-refractivity contribution in [1.29, 1.82) is 0 Å². The third-order valence-corrected chi connectivity index (χ3v) is 4.01. The zero-order valence-corrected chi connectivity index (χ0v) is 11.8. The minimum absolute atomic E-state index is 0.0439. The Bertz CT molecular complexity index is 709. The number of aliphatic hydroxyl groups is 1. The molecule has 0 aliphatic heterocycles. The molecule has 3 heterocycles. The molecule has 3 rings (SSSR count). The minimum Gasteiger partial charge on any atom is -0.390 e. The van der Waals surface area contributed by atoms with Crippen LogP contribution in [0.1, 0.15) is 30.9 Å². The lowest BCUT2D eigenvalue weighted by Gasteiger charge is -2.04. The van der Waals surface area contributed by atoms with E-state index in [1.165, 1.54) is 0 Å². The Labute approximate surface area is 115 Å². The zero-order chi connectivity index (χ0) is 13.4. The molecule has 0 spiro atoms. The van der Waals surface area contributed by atoms with Gasteiger partial charge in [-0.1, -0.05) is 13.8 Å². The van der Waals surface area contributed by atoms with Gasteiger partial charge in [0.05, 0.1) is 18.0 Å². The average Bonchev–Trinajstić information content (AvgIpc) is 3.10. The van der Waals surface area contributed by atoms with Gasteiger partial charge < -0.3 is 5.11 Å². The van der Waals surface area contributed by atoms with Gasteiger partial charge in [-0.2, -0.15) is 10.1 Å². The Morgan fingerprint density at radius 2 is 2.16 bits per heavy atom. The van der Waals surface area contributed by atoms with Gasteiger partial charge >= 0.3 is 0 Å². The molecule has 0 radical (unpaired) electrons. The highest BCUT2D eigenvalue weighted by Crippen LogP contribution is 2.22. The molecule has 100 valence electrons. The fraction of sp³-hybridized carbons (Fsp3) is 0.385. The van der Waals surface area contributed by atoms with Gasteiger partial charge in [-0.25, -0.2) is 4.68 Å². The highest BCUT2D eigenvalue weighted by Gasteiger charge is 2.17. The van der Waals surface area contributed by atoms with E-state index >= 15 is 0 Å². The van der Waals surface area contributed by atoms with E-state index in [1.807, 2.05) is 20.7 Å². The lowest BCUT2D eigenvalue weighted by Crippen LogP contribution is -2.06. The SMILES string of the molecule is CCc1cc(CC)n(-c2nc3sccn3c2CO)n1. The molecule has 5 nitrogen and oxygen atoms in total. The van der Waals surface area contributed by atoms with E-state index in [4.69, 9.17) is 0 Å². The summed E-state index contributed by atoms with van der Waals surface area (Å²) in [5.41, 5.74) is 2.96. The predicted molar refractivity (Wildman–Crippen MR) is 74.9 cm³/mol. The van der Waals surface area contributed by atoms with E-state index in [-0.39, 0.29) is 6.61 Å². The number of rotatable bonds is 4. The maximum atomic E-state index is 9.62. The normalized spacial score (nSPS) is 11.5. The van der Waals surface area contributed by atoms with Crippen molar-refractivity contribution in [1.82, 2.24) is 19.2 Å². The molecule has 0 bridgehead atoms. The summed E-state index contributed by atoms with van der Waals surface area (Å²) in [6.45, 7) is 4.15. The Hall–Kier alpha value is -1.66. The van der Waals surface area contributed by atoms with Crippen molar-refractivity contribution in [2.45, 2.75) is 33.3 Å². The van der Waals surface area contributed by atoms with Crippen LogP contribution in [-0.2, 0) is 19.4 Å². The van der Waals surface area contributed by atoms with E-state index < -0.39 is 0 Å². The molecule has 1 N–H and O–H groups in total. The maximum absolute atomic E-state index is 9.62. The summed E-state index contributed by atoms with van der Waals surface area (Å²) in [6, 6.07) is 2.11. The smallest absolute Gasteiger partial charge is 0.196 e. The van der Waals surface area contributed by atoms with Crippen LogP contribution in [0.25, 0.3) is 10.8 Å². The van der Waals surface area contributed by atoms with E-state index in [9.17, 15) is 5.11 Å². The van der Waals surface area contributed by atoms with Gasteiger partial charge in [-0.3, -0.25) is 4.40 Å². The number of hydrogen-bond acceptors (Lipinski definition) is 4. The van der Waals surface area contributed by atoms with Crippen LogP contribution in [0.4, 0.5) is 0 Å². The van der Waals surface area contributed by atoms with Crippen LogP contribution in [0.2, 0.25) is 0 Å². The van der Waals surface area contributed by atoms with E-state index in [1.54, 1.807) is 11.3 Å². The standard InChI is InChI=1S/C13H16N4OS/c1-3-9-7-10(4-2)17(15-9)12-11(8-18)16-5-6-19-13(16)14-12/h5-7,18H,3-4,8H2,1-2H3. The minimum atomic E-state index is -0.0439. The number of thiazole rings is 1. The van der Waals surface area contributed by atoms with Crippen LogP contribution in [0.15, 0.2) is 17.6 Å². The number of aliphatic hydroxyl groups excluding tert-OH is 1. The summed E-state index contributed by atoms with van der Waals surface area (Å²) in [5, 5.41) is 16.2.